The van der Waals surface area contributed by atoms with Gasteiger partial charge in [0, 0.05) is 11.7 Å². The lowest BCUT2D eigenvalue weighted by atomic mass is 10.1. The number of fused-ring (bicyclic) bond motifs is 1. The smallest absolute Gasteiger partial charge is 0.344 e. The van der Waals surface area contributed by atoms with E-state index in [0.717, 1.165) is 23.2 Å². The summed E-state index contributed by atoms with van der Waals surface area (Å²) in [6.45, 7) is 5.27. The number of para-hydroxylation sites is 2. The van der Waals surface area contributed by atoms with Crippen LogP contribution in [0.2, 0.25) is 0 Å². The lowest BCUT2D eigenvalue weighted by Gasteiger charge is -2.25. The van der Waals surface area contributed by atoms with Crippen LogP contribution in [0, 0.1) is 6.92 Å². The number of hydrogen-bond donors (Lipinski definition) is 0. The molecule has 0 unspecified atom stereocenters. The number of benzene rings is 2. The van der Waals surface area contributed by atoms with E-state index in [1.54, 1.807) is 17.9 Å². The summed E-state index contributed by atoms with van der Waals surface area (Å²) in [6.07, 6.45) is -0.0597. The molecule has 0 N–H and O–H groups in total. The number of aryl methyl sites for hydroxylation is 1. The van der Waals surface area contributed by atoms with Crippen LogP contribution >= 0.6 is 0 Å². The average molecular weight is 353 g/mol. The Bertz CT molecular complexity index is 817. The Hall–Kier alpha value is -2.82. The predicted molar refractivity (Wildman–Crippen MR) is 99.3 cm³/mol. The molecule has 2 aromatic carbocycles. The third-order valence-electron chi connectivity index (χ3n) is 4.54. The summed E-state index contributed by atoms with van der Waals surface area (Å²) in [5.74, 6) is -0.147. The molecule has 1 amide bonds. The van der Waals surface area contributed by atoms with Crippen LogP contribution in [0.25, 0.3) is 0 Å². The van der Waals surface area contributed by atoms with E-state index in [2.05, 4.69) is 0 Å². The Labute approximate surface area is 153 Å². The zero-order valence-electron chi connectivity index (χ0n) is 15.3. The normalized spacial score (nSPS) is 16.7. The Morgan fingerprint density at radius 2 is 1.85 bits per heavy atom. The second kappa shape index (κ2) is 7.60. The fraction of sp³-hybridized carbons (Fsp3) is 0.333. The van der Waals surface area contributed by atoms with Gasteiger partial charge < -0.3 is 14.4 Å². The first-order valence-electron chi connectivity index (χ1n) is 8.76. The van der Waals surface area contributed by atoms with Gasteiger partial charge in [0.1, 0.15) is 5.75 Å². The number of nitrogens with zero attached hydrogens (tertiary/aromatic N) is 1. The molecule has 0 radical (unpaired) electrons. The number of rotatable bonds is 5. The van der Waals surface area contributed by atoms with Gasteiger partial charge in [-0.15, -0.1) is 0 Å². The Morgan fingerprint density at radius 1 is 1.15 bits per heavy atom. The zero-order chi connectivity index (χ0) is 18.7. The molecule has 0 aliphatic carbocycles. The van der Waals surface area contributed by atoms with Crippen molar-refractivity contribution in [3.8, 4) is 5.75 Å². The number of hydrogen-bond acceptors (Lipinski definition) is 4. The van der Waals surface area contributed by atoms with Crippen LogP contribution in [0.3, 0.4) is 0 Å². The fourth-order valence-corrected chi connectivity index (χ4v) is 3.23. The number of amides is 1. The number of ether oxygens (including phenoxy) is 2. The summed E-state index contributed by atoms with van der Waals surface area (Å²) in [5.41, 5.74) is 2.96. The molecule has 0 saturated carbocycles. The third-order valence-corrected chi connectivity index (χ3v) is 4.54. The summed E-state index contributed by atoms with van der Waals surface area (Å²) in [4.78, 5) is 26.6. The van der Waals surface area contributed by atoms with Gasteiger partial charge in [0.15, 0.2) is 12.7 Å². The van der Waals surface area contributed by atoms with Gasteiger partial charge in [-0.25, -0.2) is 4.79 Å². The van der Waals surface area contributed by atoms with Crippen LogP contribution in [0.1, 0.15) is 25.0 Å². The molecule has 2 aromatic rings. The molecule has 2 atom stereocenters. The molecular weight excluding hydrogens is 330 g/mol. The van der Waals surface area contributed by atoms with E-state index in [1.165, 1.54) is 0 Å². The molecule has 1 heterocycles. The third kappa shape index (κ3) is 3.72. The molecule has 136 valence electrons. The summed E-state index contributed by atoms with van der Waals surface area (Å²) in [7, 11) is 0. The summed E-state index contributed by atoms with van der Waals surface area (Å²) in [5, 5.41) is 0. The number of carbonyl (C=O) groups is 2. The Morgan fingerprint density at radius 3 is 2.62 bits per heavy atom. The topological polar surface area (TPSA) is 55.8 Å². The van der Waals surface area contributed by atoms with Crippen LogP contribution < -0.4 is 9.64 Å². The maximum atomic E-state index is 12.8. The number of carbonyl (C=O) groups excluding carboxylic acids is 2. The molecule has 26 heavy (non-hydrogen) atoms. The minimum Gasteiger partial charge on any atom is -0.482 e. The molecule has 0 spiro atoms. The van der Waals surface area contributed by atoms with Crippen molar-refractivity contribution in [3.05, 3.63) is 59.7 Å². The van der Waals surface area contributed by atoms with E-state index in [1.807, 2.05) is 56.3 Å². The Balaban J connectivity index is 1.59. The van der Waals surface area contributed by atoms with Crippen molar-refractivity contribution in [2.24, 2.45) is 0 Å². The minimum atomic E-state index is -0.864. The first-order chi connectivity index (χ1) is 12.5. The van der Waals surface area contributed by atoms with Gasteiger partial charge in [0.05, 0.1) is 0 Å². The number of anilines is 1. The number of esters is 1. The molecule has 0 bridgehead atoms. The van der Waals surface area contributed by atoms with E-state index < -0.39 is 12.1 Å². The SMILES string of the molecule is Cc1ccccc1OCC(=O)O[C@H](C)C(=O)N1c2ccccc2C[C@H]1C. The van der Waals surface area contributed by atoms with Crippen LogP contribution in [0.5, 0.6) is 5.75 Å². The second-order valence-corrected chi connectivity index (χ2v) is 6.58. The molecule has 3 rings (SSSR count). The van der Waals surface area contributed by atoms with E-state index in [0.29, 0.717) is 5.75 Å². The van der Waals surface area contributed by atoms with Gasteiger partial charge in [-0.2, -0.15) is 0 Å². The molecule has 0 saturated heterocycles. The van der Waals surface area contributed by atoms with Crippen LogP contribution in [0.15, 0.2) is 48.5 Å². The highest BCUT2D eigenvalue weighted by molar-refractivity contribution is 5.99. The summed E-state index contributed by atoms with van der Waals surface area (Å²) in [6, 6.07) is 15.3. The maximum absolute atomic E-state index is 12.8. The van der Waals surface area contributed by atoms with Gasteiger partial charge in [-0.1, -0.05) is 36.4 Å². The van der Waals surface area contributed by atoms with Crippen molar-refractivity contribution in [2.45, 2.75) is 39.3 Å². The van der Waals surface area contributed by atoms with Gasteiger partial charge in [-0.3, -0.25) is 4.79 Å². The first kappa shape index (κ1) is 18.0. The first-order valence-corrected chi connectivity index (χ1v) is 8.76. The highest BCUT2D eigenvalue weighted by Crippen LogP contribution is 2.32. The maximum Gasteiger partial charge on any atom is 0.344 e. The quantitative estimate of drug-likeness (QED) is 0.774. The van der Waals surface area contributed by atoms with Crippen LogP contribution in [0.4, 0.5) is 5.69 Å². The van der Waals surface area contributed by atoms with Crippen molar-refractivity contribution >= 4 is 17.6 Å². The lowest BCUT2D eigenvalue weighted by molar-refractivity contribution is -0.155. The summed E-state index contributed by atoms with van der Waals surface area (Å²) < 4.78 is 10.8. The molecule has 0 aromatic heterocycles. The standard InChI is InChI=1S/C21H23NO4/c1-14-8-4-7-11-19(14)25-13-20(23)26-16(3)21(24)22-15(2)12-17-9-5-6-10-18(17)22/h4-11,15-16H,12-13H2,1-3H3/t15-,16-/m1/s1. The van der Waals surface area contributed by atoms with Crippen molar-refractivity contribution in [2.75, 3.05) is 11.5 Å². The molecular formula is C21H23NO4. The highest BCUT2D eigenvalue weighted by Gasteiger charge is 2.34. The van der Waals surface area contributed by atoms with E-state index >= 15 is 0 Å². The van der Waals surface area contributed by atoms with Gasteiger partial charge in [-0.05, 0) is 50.5 Å². The van der Waals surface area contributed by atoms with E-state index in [9.17, 15) is 9.59 Å². The van der Waals surface area contributed by atoms with Crippen molar-refractivity contribution in [3.63, 3.8) is 0 Å². The van der Waals surface area contributed by atoms with Crippen molar-refractivity contribution in [1.82, 2.24) is 0 Å². The zero-order valence-corrected chi connectivity index (χ0v) is 15.3. The van der Waals surface area contributed by atoms with Crippen LogP contribution in [-0.4, -0.2) is 30.6 Å². The monoisotopic (exact) mass is 353 g/mol. The van der Waals surface area contributed by atoms with Gasteiger partial charge in [0.25, 0.3) is 5.91 Å². The van der Waals surface area contributed by atoms with Crippen molar-refractivity contribution in [1.29, 1.82) is 0 Å². The highest BCUT2D eigenvalue weighted by atomic mass is 16.6. The van der Waals surface area contributed by atoms with E-state index in [-0.39, 0.29) is 18.6 Å². The van der Waals surface area contributed by atoms with Crippen molar-refractivity contribution < 1.29 is 19.1 Å². The minimum absolute atomic E-state index is 0.0456. The average Bonchev–Trinajstić information content (AvgIpc) is 2.96. The van der Waals surface area contributed by atoms with Crippen LogP contribution in [-0.2, 0) is 20.7 Å². The molecule has 5 heteroatoms. The Kier molecular flexibility index (Phi) is 5.26. The molecule has 5 nitrogen and oxygen atoms in total. The summed E-state index contributed by atoms with van der Waals surface area (Å²) >= 11 is 0. The molecule has 1 aliphatic rings. The lowest BCUT2D eigenvalue weighted by Crippen LogP contribution is -2.43. The molecule has 1 aliphatic heterocycles. The van der Waals surface area contributed by atoms with Gasteiger partial charge in [0.2, 0.25) is 0 Å². The largest absolute Gasteiger partial charge is 0.482 e. The molecule has 0 fully saturated rings. The van der Waals surface area contributed by atoms with E-state index in [4.69, 9.17) is 9.47 Å². The predicted octanol–water partition coefficient (Wildman–Crippen LogP) is 3.28. The van der Waals surface area contributed by atoms with Gasteiger partial charge >= 0.3 is 5.97 Å². The fourth-order valence-electron chi connectivity index (χ4n) is 3.23. The second-order valence-electron chi connectivity index (χ2n) is 6.58.